The van der Waals surface area contributed by atoms with Gasteiger partial charge in [-0.15, -0.1) is 11.3 Å². The summed E-state index contributed by atoms with van der Waals surface area (Å²) in [6.45, 7) is 0. The number of para-hydroxylation sites is 1. The molecule has 0 amide bonds. The smallest absolute Gasteiger partial charge is 0.0735 e. The zero-order valence-corrected chi connectivity index (χ0v) is 27.4. The molecule has 1 aliphatic rings. The monoisotopic (exact) mass is 657 g/mol. The molecule has 1 aliphatic carbocycles. The Kier molecular flexibility index (Phi) is 5.84. The van der Waals surface area contributed by atoms with Crippen molar-refractivity contribution in [2.45, 2.75) is 5.41 Å². The molecule has 1 nitrogen and oxygen atoms in total. The van der Waals surface area contributed by atoms with Crippen LogP contribution in [0.15, 0.2) is 152 Å². The Morgan fingerprint density at radius 1 is 0.553 bits per heavy atom. The standard InChI is InChI=1S/C43H25Cl2NS/c44-28-20-22-31-34(24-28)43(26-12-4-1-5-13-26,27-14-6-2-7-15-27)40-37(31)38-33-18-10-11-19-36(33)47-42(38)39-32-23-21-29(45)25-35(32)46(41(39)40)30-16-8-3-9-17-30/h1-25H. The Labute approximate surface area is 285 Å². The summed E-state index contributed by atoms with van der Waals surface area (Å²) in [6.07, 6.45) is 0. The second-order valence-corrected chi connectivity index (χ2v) is 14.2. The number of aromatic nitrogens is 1. The molecule has 0 atom stereocenters. The summed E-state index contributed by atoms with van der Waals surface area (Å²) in [4.78, 5) is 0. The van der Waals surface area contributed by atoms with Crippen molar-refractivity contribution in [3.8, 4) is 16.8 Å². The van der Waals surface area contributed by atoms with Gasteiger partial charge in [-0.25, -0.2) is 0 Å². The molecular weight excluding hydrogens is 633 g/mol. The minimum absolute atomic E-state index is 0.654. The lowest BCUT2D eigenvalue weighted by molar-refractivity contribution is 0.772. The zero-order valence-electron chi connectivity index (χ0n) is 25.0. The highest BCUT2D eigenvalue weighted by molar-refractivity contribution is 7.27. The topological polar surface area (TPSA) is 4.93 Å². The van der Waals surface area contributed by atoms with E-state index in [1.54, 1.807) is 0 Å². The molecular formula is C43H25Cl2NS. The molecule has 0 fully saturated rings. The molecule has 0 saturated carbocycles. The van der Waals surface area contributed by atoms with Gasteiger partial charge in [-0.05, 0) is 70.3 Å². The molecule has 2 heterocycles. The average Bonchev–Trinajstić information content (AvgIpc) is 3.75. The molecule has 0 aliphatic heterocycles. The van der Waals surface area contributed by atoms with Crippen molar-refractivity contribution in [3.05, 3.63) is 184 Å². The maximum Gasteiger partial charge on any atom is 0.0735 e. The van der Waals surface area contributed by atoms with Crippen molar-refractivity contribution in [1.82, 2.24) is 4.57 Å². The number of hydrogen-bond acceptors (Lipinski definition) is 1. The fourth-order valence-corrected chi connectivity index (χ4v) is 9.85. The maximum absolute atomic E-state index is 6.97. The van der Waals surface area contributed by atoms with E-state index in [1.807, 2.05) is 23.5 Å². The van der Waals surface area contributed by atoms with E-state index in [0.717, 1.165) is 16.2 Å². The number of thiophene rings is 1. The zero-order chi connectivity index (χ0) is 31.3. The van der Waals surface area contributed by atoms with Crippen LogP contribution < -0.4 is 0 Å². The van der Waals surface area contributed by atoms with Crippen LogP contribution in [0.5, 0.6) is 0 Å². The third-order valence-electron chi connectivity index (χ3n) is 9.95. The maximum atomic E-state index is 6.97. The second-order valence-electron chi connectivity index (χ2n) is 12.3. The third kappa shape index (κ3) is 3.61. The van der Waals surface area contributed by atoms with Crippen molar-refractivity contribution in [3.63, 3.8) is 0 Å². The highest BCUT2D eigenvalue weighted by atomic mass is 35.5. The van der Waals surface area contributed by atoms with Crippen LogP contribution in [0.3, 0.4) is 0 Å². The summed E-state index contributed by atoms with van der Waals surface area (Å²) in [5.74, 6) is 0. The summed E-state index contributed by atoms with van der Waals surface area (Å²) < 4.78 is 5.02. The van der Waals surface area contributed by atoms with E-state index in [-0.39, 0.29) is 0 Å². The molecule has 2 aromatic heterocycles. The molecule has 222 valence electrons. The third-order valence-corrected chi connectivity index (χ3v) is 11.6. The van der Waals surface area contributed by atoms with E-state index in [1.165, 1.54) is 69.8 Å². The predicted octanol–water partition coefficient (Wildman–Crippen LogP) is 12.8. The minimum Gasteiger partial charge on any atom is -0.309 e. The second kappa shape index (κ2) is 10.1. The summed E-state index contributed by atoms with van der Waals surface area (Å²) in [6, 6.07) is 54.4. The van der Waals surface area contributed by atoms with Gasteiger partial charge in [-0.1, -0.05) is 132 Å². The first-order valence-corrected chi connectivity index (χ1v) is 17.3. The fraction of sp³-hybridized carbons (Fsp3) is 0.0233. The van der Waals surface area contributed by atoms with Crippen molar-refractivity contribution < 1.29 is 0 Å². The van der Waals surface area contributed by atoms with E-state index in [9.17, 15) is 0 Å². The first-order valence-electron chi connectivity index (χ1n) is 15.7. The Morgan fingerprint density at radius 3 is 1.89 bits per heavy atom. The lowest BCUT2D eigenvalue weighted by Gasteiger charge is -2.35. The van der Waals surface area contributed by atoms with Crippen LogP contribution in [0.4, 0.5) is 0 Å². The van der Waals surface area contributed by atoms with Crippen LogP contribution >= 0.6 is 34.5 Å². The minimum atomic E-state index is -0.654. The van der Waals surface area contributed by atoms with Gasteiger partial charge in [0.15, 0.2) is 0 Å². The SMILES string of the molecule is Clc1ccc2c(c1)C(c1ccccc1)(c1ccccc1)c1c-2c2c3ccccc3sc2c2c3ccc(Cl)cc3n(-c3ccccc3)c12. The molecule has 0 saturated heterocycles. The molecule has 10 rings (SSSR count). The Balaban J connectivity index is 1.59. The van der Waals surface area contributed by atoms with E-state index < -0.39 is 5.41 Å². The van der Waals surface area contributed by atoms with Crippen molar-refractivity contribution >= 4 is 76.5 Å². The number of fused-ring (bicyclic) bond motifs is 12. The molecule has 0 N–H and O–H groups in total. The summed E-state index contributed by atoms with van der Waals surface area (Å²) >= 11 is 15.7. The first kappa shape index (κ1) is 27.3. The van der Waals surface area contributed by atoms with Crippen molar-refractivity contribution in [2.24, 2.45) is 0 Å². The highest BCUT2D eigenvalue weighted by Gasteiger charge is 2.49. The summed E-state index contributed by atoms with van der Waals surface area (Å²) in [5.41, 5.74) is 10.1. The average molecular weight is 659 g/mol. The highest BCUT2D eigenvalue weighted by Crippen LogP contribution is 2.63. The molecule has 0 unspecified atom stereocenters. The van der Waals surface area contributed by atoms with Crippen LogP contribution in [0.2, 0.25) is 10.0 Å². The van der Waals surface area contributed by atoms with Crippen molar-refractivity contribution in [2.75, 3.05) is 0 Å². The number of rotatable bonds is 3. The molecule has 4 heteroatoms. The molecule has 0 bridgehead atoms. The lowest BCUT2D eigenvalue weighted by atomic mass is 9.67. The number of hydrogen-bond donors (Lipinski definition) is 0. The van der Waals surface area contributed by atoms with Crippen molar-refractivity contribution in [1.29, 1.82) is 0 Å². The van der Waals surface area contributed by atoms with Gasteiger partial charge < -0.3 is 4.57 Å². The van der Waals surface area contributed by atoms with Gasteiger partial charge in [0.25, 0.3) is 0 Å². The van der Waals surface area contributed by atoms with E-state index in [2.05, 4.69) is 144 Å². The van der Waals surface area contributed by atoms with Crippen LogP contribution in [0.25, 0.3) is 58.8 Å². The van der Waals surface area contributed by atoms with E-state index in [4.69, 9.17) is 23.2 Å². The van der Waals surface area contributed by atoms with E-state index in [0.29, 0.717) is 5.02 Å². The van der Waals surface area contributed by atoms with Gasteiger partial charge in [-0.2, -0.15) is 0 Å². The van der Waals surface area contributed by atoms with Gasteiger partial charge in [0.2, 0.25) is 0 Å². The molecule has 9 aromatic rings. The Hall–Kier alpha value is -4.86. The first-order chi connectivity index (χ1) is 23.2. The van der Waals surface area contributed by atoms with Gasteiger partial charge in [0, 0.05) is 52.2 Å². The lowest BCUT2D eigenvalue weighted by Crippen LogP contribution is -2.29. The molecule has 0 radical (unpaired) electrons. The fourth-order valence-electron chi connectivity index (χ4n) is 8.24. The van der Waals surface area contributed by atoms with Gasteiger partial charge in [0.1, 0.15) is 0 Å². The Bertz CT molecular complexity index is 2650. The Morgan fingerprint density at radius 2 is 1.17 bits per heavy atom. The van der Waals surface area contributed by atoms with Crippen LogP contribution in [-0.4, -0.2) is 4.57 Å². The summed E-state index contributed by atoms with van der Waals surface area (Å²) in [5, 5.41) is 6.47. The molecule has 7 aromatic carbocycles. The largest absolute Gasteiger partial charge is 0.309 e. The predicted molar refractivity (Wildman–Crippen MR) is 201 cm³/mol. The number of nitrogens with zero attached hydrogens (tertiary/aromatic N) is 1. The van der Waals surface area contributed by atoms with Crippen LogP contribution in [0.1, 0.15) is 22.3 Å². The number of halogens is 2. The van der Waals surface area contributed by atoms with E-state index >= 15 is 0 Å². The number of benzene rings is 7. The van der Waals surface area contributed by atoms with Gasteiger partial charge in [-0.3, -0.25) is 0 Å². The molecule has 47 heavy (non-hydrogen) atoms. The quantitative estimate of drug-likeness (QED) is 0.178. The van der Waals surface area contributed by atoms with Crippen LogP contribution in [-0.2, 0) is 5.41 Å². The van der Waals surface area contributed by atoms with Crippen LogP contribution in [0, 0.1) is 0 Å². The normalized spacial score (nSPS) is 13.5. The van der Waals surface area contributed by atoms with Gasteiger partial charge in [0.05, 0.1) is 16.4 Å². The summed E-state index contributed by atoms with van der Waals surface area (Å²) in [7, 11) is 0. The van der Waals surface area contributed by atoms with Gasteiger partial charge >= 0.3 is 0 Å². The molecule has 0 spiro atoms.